The molecular formula is C19H18F3N7. The van der Waals surface area contributed by atoms with Gasteiger partial charge in [-0.2, -0.15) is 18.4 Å². The van der Waals surface area contributed by atoms with E-state index in [2.05, 4.69) is 30.5 Å². The zero-order chi connectivity index (χ0) is 20.0. The number of nitrogens with zero attached hydrogens (tertiary/aromatic N) is 6. The fourth-order valence-electron chi connectivity index (χ4n) is 4.28. The summed E-state index contributed by atoms with van der Waals surface area (Å²) < 4.78 is 38.8. The summed E-state index contributed by atoms with van der Waals surface area (Å²) in [5.74, 6) is 1.75. The van der Waals surface area contributed by atoms with Crippen LogP contribution in [0.1, 0.15) is 30.1 Å². The number of hydrogen-bond donors (Lipinski definition) is 1. The van der Waals surface area contributed by atoms with Gasteiger partial charge in [0.25, 0.3) is 0 Å². The molecule has 2 unspecified atom stereocenters. The van der Waals surface area contributed by atoms with Crippen molar-refractivity contribution in [3.05, 3.63) is 54.0 Å². The number of rotatable bonds is 2. The highest BCUT2D eigenvalue weighted by molar-refractivity contribution is 5.77. The monoisotopic (exact) mass is 401 g/mol. The van der Waals surface area contributed by atoms with Crippen LogP contribution in [-0.4, -0.2) is 44.7 Å². The van der Waals surface area contributed by atoms with E-state index in [1.165, 1.54) is 12.1 Å². The predicted molar refractivity (Wildman–Crippen MR) is 100.0 cm³/mol. The summed E-state index contributed by atoms with van der Waals surface area (Å²) in [6.07, 6.45) is -0.881. The Hall–Kier alpha value is -3.17. The summed E-state index contributed by atoms with van der Waals surface area (Å²) in [5, 5.41) is 14.4. The van der Waals surface area contributed by atoms with Crippen molar-refractivity contribution in [3.8, 4) is 0 Å². The SMILES string of the molecule is FC(F)(F)c1ccc(N2CC3CC(c4nn[nH]n4)CCN3c3ncccc32)cc1. The molecule has 1 aromatic carbocycles. The molecule has 1 saturated heterocycles. The Balaban J connectivity index is 1.48. The number of anilines is 3. The lowest BCUT2D eigenvalue weighted by molar-refractivity contribution is -0.137. The molecule has 5 rings (SSSR count). The Bertz CT molecular complexity index is 988. The summed E-state index contributed by atoms with van der Waals surface area (Å²) in [6.45, 7) is 1.47. The fourth-order valence-corrected chi connectivity index (χ4v) is 4.28. The van der Waals surface area contributed by atoms with Crippen LogP contribution >= 0.6 is 0 Å². The first-order valence-electron chi connectivity index (χ1n) is 9.40. The van der Waals surface area contributed by atoms with E-state index in [9.17, 15) is 13.2 Å². The molecule has 2 atom stereocenters. The van der Waals surface area contributed by atoms with Crippen molar-refractivity contribution >= 4 is 17.2 Å². The minimum absolute atomic E-state index is 0.150. The number of fused-ring (bicyclic) bond motifs is 3. The molecule has 3 aromatic rings. The Morgan fingerprint density at radius 2 is 1.93 bits per heavy atom. The molecule has 0 radical (unpaired) electrons. The Kier molecular flexibility index (Phi) is 4.14. The molecule has 10 heteroatoms. The van der Waals surface area contributed by atoms with Crippen molar-refractivity contribution < 1.29 is 13.2 Å². The maximum Gasteiger partial charge on any atom is 0.416 e. The number of benzene rings is 1. The topological polar surface area (TPSA) is 73.8 Å². The Morgan fingerprint density at radius 1 is 1.10 bits per heavy atom. The molecule has 150 valence electrons. The van der Waals surface area contributed by atoms with Crippen molar-refractivity contribution in [1.29, 1.82) is 0 Å². The lowest BCUT2D eigenvalue weighted by atomic mass is 9.88. The Labute approximate surface area is 164 Å². The zero-order valence-electron chi connectivity index (χ0n) is 15.3. The largest absolute Gasteiger partial charge is 0.416 e. The van der Waals surface area contributed by atoms with E-state index < -0.39 is 11.7 Å². The second-order valence-corrected chi connectivity index (χ2v) is 7.34. The van der Waals surface area contributed by atoms with Gasteiger partial charge >= 0.3 is 6.18 Å². The van der Waals surface area contributed by atoms with Gasteiger partial charge in [-0.15, -0.1) is 10.2 Å². The third kappa shape index (κ3) is 3.18. The third-order valence-electron chi connectivity index (χ3n) is 5.67. The van der Waals surface area contributed by atoms with Crippen LogP contribution in [0.15, 0.2) is 42.6 Å². The summed E-state index contributed by atoms with van der Waals surface area (Å²) in [5.41, 5.74) is 0.969. The van der Waals surface area contributed by atoms with Crippen molar-refractivity contribution in [2.75, 3.05) is 22.9 Å². The van der Waals surface area contributed by atoms with Crippen LogP contribution in [0.25, 0.3) is 0 Å². The minimum Gasteiger partial charge on any atom is -0.350 e. The highest BCUT2D eigenvalue weighted by atomic mass is 19.4. The summed E-state index contributed by atoms with van der Waals surface area (Å²) in [4.78, 5) is 8.91. The molecule has 1 N–H and O–H groups in total. The molecule has 1 fully saturated rings. The van der Waals surface area contributed by atoms with Crippen LogP contribution in [0.2, 0.25) is 0 Å². The van der Waals surface area contributed by atoms with Crippen molar-refractivity contribution in [3.63, 3.8) is 0 Å². The van der Waals surface area contributed by atoms with E-state index in [0.717, 1.165) is 43.0 Å². The summed E-state index contributed by atoms with van der Waals surface area (Å²) in [7, 11) is 0. The number of tetrazole rings is 1. The first kappa shape index (κ1) is 17.9. The molecule has 4 heterocycles. The molecule has 0 bridgehead atoms. The van der Waals surface area contributed by atoms with E-state index in [0.29, 0.717) is 18.1 Å². The average Bonchev–Trinajstić information content (AvgIpc) is 3.27. The molecule has 0 spiro atoms. The first-order chi connectivity index (χ1) is 14.0. The van der Waals surface area contributed by atoms with Crippen LogP contribution in [0, 0.1) is 0 Å². The number of aromatic amines is 1. The molecule has 0 saturated carbocycles. The van der Waals surface area contributed by atoms with Crippen LogP contribution in [0.5, 0.6) is 0 Å². The lowest BCUT2D eigenvalue weighted by Gasteiger charge is -2.47. The van der Waals surface area contributed by atoms with Crippen molar-refractivity contribution in [1.82, 2.24) is 25.6 Å². The predicted octanol–water partition coefficient (Wildman–Crippen LogP) is 3.52. The van der Waals surface area contributed by atoms with Gasteiger partial charge in [-0.3, -0.25) is 0 Å². The number of pyridine rings is 1. The molecule has 29 heavy (non-hydrogen) atoms. The van der Waals surface area contributed by atoms with Gasteiger partial charge in [-0.05, 0) is 49.2 Å². The number of alkyl halides is 3. The van der Waals surface area contributed by atoms with Gasteiger partial charge in [0.05, 0.1) is 11.3 Å². The number of hydrogen-bond acceptors (Lipinski definition) is 6. The number of nitrogens with one attached hydrogen (secondary N) is 1. The van der Waals surface area contributed by atoms with Crippen LogP contribution < -0.4 is 9.80 Å². The van der Waals surface area contributed by atoms with Crippen LogP contribution in [0.3, 0.4) is 0 Å². The summed E-state index contributed by atoms with van der Waals surface area (Å²) >= 11 is 0. The van der Waals surface area contributed by atoms with E-state index in [1.54, 1.807) is 6.20 Å². The van der Waals surface area contributed by atoms with Gasteiger partial charge in [0.15, 0.2) is 11.6 Å². The Morgan fingerprint density at radius 3 is 2.66 bits per heavy atom. The molecule has 0 aliphatic carbocycles. The number of halogens is 3. The van der Waals surface area contributed by atoms with Gasteiger partial charge in [0.1, 0.15) is 0 Å². The van der Waals surface area contributed by atoms with Gasteiger partial charge in [0, 0.05) is 36.9 Å². The molecular weight excluding hydrogens is 383 g/mol. The maximum absolute atomic E-state index is 12.9. The van der Waals surface area contributed by atoms with Gasteiger partial charge < -0.3 is 9.80 Å². The number of piperidine rings is 1. The number of H-pyrrole nitrogens is 1. The van der Waals surface area contributed by atoms with Gasteiger partial charge in [-0.25, -0.2) is 4.98 Å². The second-order valence-electron chi connectivity index (χ2n) is 7.34. The van der Waals surface area contributed by atoms with E-state index in [4.69, 9.17) is 0 Å². The molecule has 7 nitrogen and oxygen atoms in total. The first-order valence-corrected chi connectivity index (χ1v) is 9.40. The van der Waals surface area contributed by atoms with Gasteiger partial charge in [0.2, 0.25) is 0 Å². The van der Waals surface area contributed by atoms with E-state index in [1.807, 2.05) is 17.0 Å². The second kappa shape index (κ2) is 6.71. The highest BCUT2D eigenvalue weighted by Gasteiger charge is 2.38. The fraction of sp³-hybridized carbons (Fsp3) is 0.368. The van der Waals surface area contributed by atoms with Crippen molar-refractivity contribution in [2.45, 2.75) is 31.0 Å². The normalized spacial score (nSPS) is 21.6. The van der Waals surface area contributed by atoms with Crippen molar-refractivity contribution in [2.24, 2.45) is 0 Å². The van der Waals surface area contributed by atoms with E-state index in [-0.39, 0.29) is 12.0 Å². The molecule has 2 aliphatic rings. The van der Waals surface area contributed by atoms with Gasteiger partial charge in [-0.1, -0.05) is 5.21 Å². The standard InChI is InChI=1S/C19H18F3N7/c20-19(21,22)13-3-5-14(6-4-13)29-11-15-10-12(17-24-26-27-25-17)7-9-28(15)18-16(29)2-1-8-23-18/h1-6,8,12,15H,7,9-11H2,(H,24,25,26,27). The van der Waals surface area contributed by atoms with Crippen LogP contribution in [-0.2, 0) is 6.18 Å². The van der Waals surface area contributed by atoms with Crippen LogP contribution in [0.4, 0.5) is 30.4 Å². The quantitative estimate of drug-likeness (QED) is 0.708. The average molecular weight is 401 g/mol. The molecule has 2 aromatic heterocycles. The van der Waals surface area contributed by atoms with E-state index >= 15 is 0 Å². The molecule has 2 aliphatic heterocycles. The highest BCUT2D eigenvalue weighted by Crippen LogP contribution is 2.43. The minimum atomic E-state index is -4.35. The lowest BCUT2D eigenvalue weighted by Crippen LogP contribution is -2.52. The zero-order valence-corrected chi connectivity index (χ0v) is 15.3. The molecule has 0 amide bonds. The summed E-state index contributed by atoms with van der Waals surface area (Å²) in [6, 6.07) is 9.26. The maximum atomic E-state index is 12.9. The smallest absolute Gasteiger partial charge is 0.350 e. The third-order valence-corrected chi connectivity index (χ3v) is 5.67. The number of aromatic nitrogens is 5.